The highest BCUT2D eigenvalue weighted by molar-refractivity contribution is 6.03. The zero-order valence-electron chi connectivity index (χ0n) is 23.8. The van der Waals surface area contributed by atoms with Crippen LogP contribution < -0.4 is 5.01 Å². The van der Waals surface area contributed by atoms with Crippen molar-refractivity contribution in [1.82, 2.24) is 10.2 Å². The molecule has 208 valence electrons. The lowest BCUT2D eigenvalue weighted by molar-refractivity contribution is 0.584. The van der Waals surface area contributed by atoms with Crippen LogP contribution in [0.3, 0.4) is 0 Å². The van der Waals surface area contributed by atoms with Crippen LogP contribution in [0.1, 0.15) is 40.3 Å². The molecule has 0 saturated heterocycles. The Labute approximate surface area is 251 Å². The van der Waals surface area contributed by atoms with Gasteiger partial charge in [-0.15, -0.1) is 10.2 Å². The van der Waals surface area contributed by atoms with Crippen molar-refractivity contribution in [3.8, 4) is 22.9 Å². The Morgan fingerprint density at radius 3 is 1.77 bits per heavy atom. The molecule has 6 aromatic rings. The molecule has 5 aromatic carbocycles. The minimum absolute atomic E-state index is 0.153. The Balaban J connectivity index is 1.07. The maximum absolute atomic E-state index is 5.90. The van der Waals surface area contributed by atoms with Crippen LogP contribution in [0, 0.1) is 6.92 Å². The lowest BCUT2D eigenvalue weighted by Gasteiger charge is -2.24. The Morgan fingerprint density at radius 2 is 1.14 bits per heavy atom. The molecule has 1 aliphatic rings. The number of aromatic nitrogens is 2. The number of rotatable bonds is 7. The molecule has 5 heteroatoms. The first-order chi connectivity index (χ1) is 21.2. The molecule has 2 heterocycles. The second-order valence-corrected chi connectivity index (χ2v) is 10.7. The number of hydrogen-bond donors (Lipinski definition) is 0. The molecule has 1 aromatic heterocycles. The number of benzene rings is 5. The second kappa shape index (κ2) is 11.7. The highest BCUT2D eigenvalue weighted by atomic mass is 16.4. The zero-order valence-corrected chi connectivity index (χ0v) is 23.8. The Morgan fingerprint density at radius 1 is 0.605 bits per heavy atom. The number of aryl methyl sites for hydroxylation is 1. The summed E-state index contributed by atoms with van der Waals surface area (Å²) in [6.07, 6.45) is 5.10. The highest BCUT2D eigenvalue weighted by Crippen LogP contribution is 2.37. The molecular formula is C38H30N4O. The Kier molecular flexibility index (Phi) is 7.20. The van der Waals surface area contributed by atoms with Crippen LogP contribution in [0.4, 0.5) is 5.69 Å². The van der Waals surface area contributed by atoms with Gasteiger partial charge in [0.25, 0.3) is 0 Å². The molecule has 0 bridgehead atoms. The molecule has 0 N–H and O–H groups in total. The van der Waals surface area contributed by atoms with Gasteiger partial charge in [0.05, 0.1) is 17.4 Å². The summed E-state index contributed by atoms with van der Waals surface area (Å²) < 4.78 is 5.90. The Hall–Kier alpha value is -5.55. The van der Waals surface area contributed by atoms with Crippen LogP contribution in [0.5, 0.6) is 0 Å². The fourth-order valence-corrected chi connectivity index (χ4v) is 5.31. The lowest BCUT2D eigenvalue weighted by atomic mass is 9.98. The van der Waals surface area contributed by atoms with Crippen molar-refractivity contribution in [2.45, 2.75) is 19.4 Å². The maximum atomic E-state index is 5.90. The standard InChI is InChI=1S/C38H30N4O/c1-27-12-20-30(21-13-27)35-26-36(31-8-4-2-5-9-31)42(41-35)34-24-18-29(19-25-34)15-14-28-16-22-33(23-17-28)38-40-39-37(43-38)32-10-6-3-7-11-32/h2-25,36H,26H2,1H3/b15-14+/t36-/m0/s1. The third-order valence-electron chi connectivity index (χ3n) is 7.71. The van der Waals surface area contributed by atoms with Gasteiger partial charge in [-0.25, -0.2) is 0 Å². The van der Waals surface area contributed by atoms with Gasteiger partial charge in [-0.2, -0.15) is 5.10 Å². The van der Waals surface area contributed by atoms with Gasteiger partial charge >= 0.3 is 0 Å². The van der Waals surface area contributed by atoms with Gasteiger partial charge < -0.3 is 4.42 Å². The maximum Gasteiger partial charge on any atom is 0.248 e. The van der Waals surface area contributed by atoms with E-state index < -0.39 is 0 Å². The Bertz CT molecular complexity index is 1870. The topological polar surface area (TPSA) is 54.5 Å². The molecule has 0 spiro atoms. The minimum Gasteiger partial charge on any atom is -0.416 e. The average molecular weight is 559 g/mol. The monoisotopic (exact) mass is 558 g/mol. The third kappa shape index (κ3) is 5.79. The fourth-order valence-electron chi connectivity index (χ4n) is 5.31. The zero-order chi connectivity index (χ0) is 29.0. The molecule has 0 saturated carbocycles. The van der Waals surface area contributed by atoms with Crippen LogP contribution in [-0.2, 0) is 0 Å². The summed E-state index contributed by atoms with van der Waals surface area (Å²) in [6.45, 7) is 2.11. The summed E-state index contributed by atoms with van der Waals surface area (Å²) in [6, 6.07) is 46.0. The average Bonchev–Trinajstić information content (AvgIpc) is 3.75. The van der Waals surface area contributed by atoms with E-state index in [4.69, 9.17) is 9.52 Å². The van der Waals surface area contributed by atoms with Crippen molar-refractivity contribution in [2.75, 3.05) is 5.01 Å². The number of hydrogen-bond acceptors (Lipinski definition) is 5. The summed E-state index contributed by atoms with van der Waals surface area (Å²) in [5.74, 6) is 1.03. The molecule has 5 nitrogen and oxygen atoms in total. The van der Waals surface area contributed by atoms with Gasteiger partial charge in [-0.1, -0.05) is 115 Å². The quantitative estimate of drug-likeness (QED) is 0.183. The van der Waals surface area contributed by atoms with Crippen molar-refractivity contribution in [3.63, 3.8) is 0 Å². The van der Waals surface area contributed by atoms with Crippen LogP contribution in [-0.4, -0.2) is 15.9 Å². The molecule has 0 radical (unpaired) electrons. The molecule has 0 aliphatic carbocycles. The normalized spacial score (nSPS) is 14.8. The predicted molar refractivity (Wildman–Crippen MR) is 175 cm³/mol. The first-order valence-electron chi connectivity index (χ1n) is 14.5. The van der Waals surface area contributed by atoms with Crippen LogP contribution in [0.25, 0.3) is 35.1 Å². The first-order valence-corrected chi connectivity index (χ1v) is 14.5. The van der Waals surface area contributed by atoms with E-state index in [1.54, 1.807) is 0 Å². The second-order valence-electron chi connectivity index (χ2n) is 10.7. The van der Waals surface area contributed by atoms with Crippen molar-refractivity contribution in [3.05, 3.63) is 161 Å². The van der Waals surface area contributed by atoms with Gasteiger partial charge in [0.15, 0.2) is 0 Å². The number of nitrogens with zero attached hydrogens (tertiary/aromatic N) is 4. The number of hydrazone groups is 1. The van der Waals surface area contributed by atoms with Crippen molar-refractivity contribution in [1.29, 1.82) is 0 Å². The summed E-state index contributed by atoms with van der Waals surface area (Å²) in [5, 5.41) is 15.7. The van der Waals surface area contributed by atoms with Gasteiger partial charge in [0, 0.05) is 17.5 Å². The van der Waals surface area contributed by atoms with Crippen molar-refractivity contribution < 1.29 is 4.42 Å². The SMILES string of the molecule is Cc1ccc(C2=NN(c3ccc(/C=C/c4ccc(-c5nnc(-c6ccccc6)o5)cc4)cc3)[C@H](c3ccccc3)C2)cc1. The summed E-state index contributed by atoms with van der Waals surface area (Å²) in [5.41, 5.74) is 9.88. The van der Waals surface area contributed by atoms with E-state index in [0.29, 0.717) is 11.8 Å². The van der Waals surface area contributed by atoms with Gasteiger partial charge in [-0.3, -0.25) is 5.01 Å². The smallest absolute Gasteiger partial charge is 0.248 e. The number of anilines is 1. The molecule has 1 atom stereocenters. The summed E-state index contributed by atoms with van der Waals surface area (Å²) in [4.78, 5) is 0. The van der Waals surface area contributed by atoms with E-state index in [2.05, 4.69) is 125 Å². The molecule has 0 fully saturated rings. The predicted octanol–water partition coefficient (Wildman–Crippen LogP) is 9.24. The van der Waals surface area contributed by atoms with Crippen LogP contribution in [0.2, 0.25) is 0 Å². The lowest BCUT2D eigenvalue weighted by Crippen LogP contribution is -2.18. The van der Waals surface area contributed by atoms with E-state index in [-0.39, 0.29) is 6.04 Å². The van der Waals surface area contributed by atoms with Gasteiger partial charge in [-0.05, 0) is 65.6 Å². The van der Waals surface area contributed by atoms with E-state index >= 15 is 0 Å². The van der Waals surface area contributed by atoms with Crippen LogP contribution >= 0.6 is 0 Å². The van der Waals surface area contributed by atoms with Crippen LogP contribution in [0.15, 0.2) is 143 Å². The fraction of sp³-hybridized carbons (Fsp3) is 0.0789. The van der Waals surface area contributed by atoms with Crippen molar-refractivity contribution >= 4 is 23.6 Å². The molecule has 0 unspecified atom stereocenters. The molecular weight excluding hydrogens is 528 g/mol. The minimum atomic E-state index is 0.153. The molecule has 0 amide bonds. The van der Waals surface area contributed by atoms with E-state index in [1.165, 1.54) is 16.7 Å². The summed E-state index contributed by atoms with van der Waals surface area (Å²) in [7, 11) is 0. The van der Waals surface area contributed by atoms with Gasteiger partial charge in [0.1, 0.15) is 0 Å². The van der Waals surface area contributed by atoms with Crippen molar-refractivity contribution in [2.24, 2.45) is 5.10 Å². The highest BCUT2D eigenvalue weighted by Gasteiger charge is 2.29. The molecule has 7 rings (SSSR count). The van der Waals surface area contributed by atoms with E-state index in [0.717, 1.165) is 40.1 Å². The first kappa shape index (κ1) is 26.4. The van der Waals surface area contributed by atoms with Gasteiger partial charge in [0.2, 0.25) is 11.8 Å². The molecule has 43 heavy (non-hydrogen) atoms. The largest absolute Gasteiger partial charge is 0.416 e. The van der Waals surface area contributed by atoms with E-state index in [1.807, 2.05) is 42.5 Å². The summed E-state index contributed by atoms with van der Waals surface area (Å²) >= 11 is 0. The molecule has 1 aliphatic heterocycles. The van der Waals surface area contributed by atoms with E-state index in [9.17, 15) is 0 Å². The third-order valence-corrected chi connectivity index (χ3v) is 7.71.